The fourth-order valence-electron chi connectivity index (χ4n) is 4.41. The lowest BCUT2D eigenvalue weighted by Crippen LogP contribution is -2.39. The molecular weight excluding hydrogens is 447 g/mol. The van der Waals surface area contributed by atoms with Gasteiger partial charge in [0.05, 0.1) is 6.54 Å². The van der Waals surface area contributed by atoms with E-state index in [2.05, 4.69) is 16.5 Å². The molecule has 0 unspecified atom stereocenters. The van der Waals surface area contributed by atoms with E-state index in [0.717, 1.165) is 52.5 Å². The van der Waals surface area contributed by atoms with Crippen LogP contribution in [0.5, 0.6) is 0 Å². The van der Waals surface area contributed by atoms with Crippen molar-refractivity contribution < 1.29 is 9.18 Å². The first-order valence-corrected chi connectivity index (χ1v) is 12.6. The summed E-state index contributed by atoms with van der Waals surface area (Å²) in [7, 11) is 0. The number of hydrogen-bond acceptors (Lipinski definition) is 4. The molecule has 4 aromatic rings. The van der Waals surface area contributed by atoms with Gasteiger partial charge in [0, 0.05) is 30.6 Å². The maximum absolute atomic E-state index is 13.2. The molecule has 1 aliphatic heterocycles. The number of nitrogens with zero attached hydrogens (tertiary/aromatic N) is 4. The molecule has 2 aromatic carbocycles. The number of pyridine rings is 1. The molecule has 0 N–H and O–H groups in total. The SMILES string of the molecule is C[C@@H]1CCCN(C(=O)c2ccc(Cn3c(SCc4ccc(F)cc4)nc4cccnc43)cc2)C1. The molecule has 0 radical (unpaired) electrons. The summed E-state index contributed by atoms with van der Waals surface area (Å²) in [4.78, 5) is 24.2. The van der Waals surface area contributed by atoms with Crippen molar-refractivity contribution in [3.05, 3.63) is 89.4 Å². The molecule has 0 bridgehead atoms. The molecule has 3 heterocycles. The van der Waals surface area contributed by atoms with Gasteiger partial charge in [-0.2, -0.15) is 0 Å². The Labute approximate surface area is 203 Å². The average Bonchev–Trinajstić information content (AvgIpc) is 3.21. The first-order chi connectivity index (χ1) is 16.6. The van der Waals surface area contributed by atoms with Crippen LogP contribution in [0.25, 0.3) is 11.2 Å². The Morgan fingerprint density at radius 1 is 1.09 bits per heavy atom. The predicted molar refractivity (Wildman–Crippen MR) is 133 cm³/mol. The lowest BCUT2D eigenvalue weighted by atomic mass is 9.99. The fraction of sp³-hybridized carbons (Fsp3) is 0.296. The number of imidazole rings is 1. The van der Waals surface area contributed by atoms with Gasteiger partial charge in [-0.1, -0.05) is 43.0 Å². The summed E-state index contributed by atoms with van der Waals surface area (Å²) in [5.74, 6) is 1.13. The molecule has 1 amide bonds. The molecule has 5 nitrogen and oxygen atoms in total. The van der Waals surface area contributed by atoms with E-state index in [0.29, 0.717) is 18.2 Å². The minimum Gasteiger partial charge on any atom is -0.338 e. The van der Waals surface area contributed by atoms with Crippen LogP contribution in [0.2, 0.25) is 0 Å². The van der Waals surface area contributed by atoms with E-state index in [1.54, 1.807) is 30.1 Å². The molecule has 1 atom stereocenters. The Morgan fingerprint density at radius 2 is 1.85 bits per heavy atom. The van der Waals surface area contributed by atoms with Crippen LogP contribution >= 0.6 is 11.8 Å². The van der Waals surface area contributed by atoms with Gasteiger partial charge in [-0.3, -0.25) is 9.36 Å². The van der Waals surface area contributed by atoms with Crippen LogP contribution in [0.15, 0.2) is 72.0 Å². The number of halogens is 1. The minimum absolute atomic E-state index is 0.114. The van der Waals surface area contributed by atoms with Gasteiger partial charge in [0.2, 0.25) is 0 Å². The summed E-state index contributed by atoms with van der Waals surface area (Å²) in [6.07, 6.45) is 4.04. The molecule has 174 valence electrons. The summed E-state index contributed by atoms with van der Waals surface area (Å²) in [5, 5.41) is 0.862. The maximum atomic E-state index is 13.2. The second kappa shape index (κ2) is 9.97. The van der Waals surface area contributed by atoms with Crippen molar-refractivity contribution in [3.63, 3.8) is 0 Å². The number of benzene rings is 2. The van der Waals surface area contributed by atoms with Gasteiger partial charge in [0.15, 0.2) is 10.8 Å². The largest absolute Gasteiger partial charge is 0.338 e. The number of rotatable bonds is 6. The van der Waals surface area contributed by atoms with Gasteiger partial charge in [0.25, 0.3) is 5.91 Å². The number of fused-ring (bicyclic) bond motifs is 1. The first kappa shape index (κ1) is 22.6. The summed E-state index contributed by atoms with van der Waals surface area (Å²) < 4.78 is 15.3. The number of hydrogen-bond donors (Lipinski definition) is 0. The smallest absolute Gasteiger partial charge is 0.253 e. The predicted octanol–water partition coefficient (Wildman–Crippen LogP) is 5.78. The molecular formula is C27H27FN4OS. The number of carbonyl (C=O) groups is 1. The topological polar surface area (TPSA) is 51.0 Å². The van der Waals surface area contributed by atoms with E-state index in [4.69, 9.17) is 4.98 Å². The summed E-state index contributed by atoms with van der Waals surface area (Å²) in [5.41, 5.74) is 4.52. The van der Waals surface area contributed by atoms with Gasteiger partial charge in [-0.05, 0) is 66.3 Å². The van der Waals surface area contributed by atoms with Gasteiger partial charge in [-0.15, -0.1) is 0 Å². The fourth-order valence-corrected chi connectivity index (χ4v) is 5.37. The van der Waals surface area contributed by atoms with Crippen LogP contribution in [0.4, 0.5) is 4.39 Å². The quantitative estimate of drug-likeness (QED) is 0.332. The van der Waals surface area contributed by atoms with E-state index in [1.807, 2.05) is 41.3 Å². The van der Waals surface area contributed by atoms with Gasteiger partial charge < -0.3 is 4.90 Å². The second-order valence-electron chi connectivity index (χ2n) is 8.94. The lowest BCUT2D eigenvalue weighted by Gasteiger charge is -2.31. The van der Waals surface area contributed by atoms with E-state index in [1.165, 1.54) is 18.6 Å². The van der Waals surface area contributed by atoms with E-state index in [9.17, 15) is 9.18 Å². The van der Waals surface area contributed by atoms with Gasteiger partial charge >= 0.3 is 0 Å². The van der Waals surface area contributed by atoms with E-state index < -0.39 is 0 Å². The Bertz CT molecular complexity index is 1290. The lowest BCUT2D eigenvalue weighted by molar-refractivity contribution is 0.0683. The van der Waals surface area contributed by atoms with Crippen LogP contribution in [0, 0.1) is 11.7 Å². The number of aromatic nitrogens is 3. The van der Waals surface area contributed by atoms with Crippen LogP contribution in [0.3, 0.4) is 0 Å². The molecule has 1 fully saturated rings. The summed E-state index contributed by atoms with van der Waals surface area (Å²) in [6.45, 7) is 4.49. The number of thioether (sulfide) groups is 1. The molecule has 1 aliphatic rings. The summed E-state index contributed by atoms with van der Waals surface area (Å²) in [6, 6.07) is 18.3. The number of piperidine rings is 1. The number of amides is 1. The standard InChI is InChI=1S/C27H27FN4OS/c1-19-4-3-15-31(16-19)26(33)22-10-6-20(7-11-22)17-32-25-24(5-2-14-29-25)30-27(32)34-18-21-8-12-23(28)13-9-21/h2,5-14,19H,3-4,15-18H2,1H3/t19-/m1/s1. The van der Waals surface area contributed by atoms with E-state index in [-0.39, 0.29) is 11.7 Å². The average molecular weight is 475 g/mol. The summed E-state index contributed by atoms with van der Waals surface area (Å²) >= 11 is 1.61. The van der Waals surface area contributed by atoms with Crippen molar-refractivity contribution in [3.8, 4) is 0 Å². The molecule has 34 heavy (non-hydrogen) atoms. The highest BCUT2D eigenvalue weighted by atomic mass is 32.2. The molecule has 0 saturated carbocycles. The van der Waals surface area contributed by atoms with Gasteiger partial charge in [-0.25, -0.2) is 14.4 Å². The van der Waals surface area contributed by atoms with Crippen molar-refractivity contribution in [2.45, 2.75) is 37.2 Å². The molecule has 5 rings (SSSR count). The zero-order valence-electron chi connectivity index (χ0n) is 19.2. The third kappa shape index (κ3) is 4.99. The minimum atomic E-state index is -0.234. The van der Waals surface area contributed by atoms with Crippen molar-refractivity contribution in [2.24, 2.45) is 5.92 Å². The third-order valence-electron chi connectivity index (χ3n) is 6.24. The molecule has 0 spiro atoms. The maximum Gasteiger partial charge on any atom is 0.253 e. The van der Waals surface area contributed by atoms with Crippen LogP contribution in [-0.4, -0.2) is 38.4 Å². The second-order valence-corrected chi connectivity index (χ2v) is 9.88. The normalized spacial score (nSPS) is 16.2. The highest BCUT2D eigenvalue weighted by Crippen LogP contribution is 2.27. The van der Waals surface area contributed by atoms with Crippen LogP contribution in [-0.2, 0) is 12.3 Å². The highest BCUT2D eigenvalue weighted by Gasteiger charge is 2.22. The highest BCUT2D eigenvalue weighted by molar-refractivity contribution is 7.98. The third-order valence-corrected chi connectivity index (χ3v) is 7.28. The van der Waals surface area contributed by atoms with E-state index >= 15 is 0 Å². The number of carbonyl (C=O) groups excluding carboxylic acids is 1. The van der Waals surface area contributed by atoms with Crippen molar-refractivity contribution >= 4 is 28.8 Å². The zero-order valence-corrected chi connectivity index (χ0v) is 20.0. The molecule has 7 heteroatoms. The Kier molecular flexibility index (Phi) is 6.63. The molecule has 1 saturated heterocycles. The van der Waals surface area contributed by atoms with Gasteiger partial charge in [0.1, 0.15) is 11.3 Å². The Hall–Kier alpha value is -3.19. The Morgan fingerprint density at radius 3 is 2.62 bits per heavy atom. The first-order valence-electron chi connectivity index (χ1n) is 11.6. The van der Waals surface area contributed by atoms with Crippen molar-refractivity contribution in [2.75, 3.05) is 13.1 Å². The van der Waals surface area contributed by atoms with Crippen molar-refractivity contribution in [1.29, 1.82) is 0 Å². The molecule has 2 aromatic heterocycles. The van der Waals surface area contributed by atoms with Crippen molar-refractivity contribution in [1.82, 2.24) is 19.4 Å². The number of likely N-dealkylation sites (tertiary alicyclic amines) is 1. The van der Waals surface area contributed by atoms with Crippen LogP contribution < -0.4 is 0 Å². The monoisotopic (exact) mass is 474 g/mol. The zero-order chi connectivity index (χ0) is 23.5. The van der Waals surface area contributed by atoms with Crippen LogP contribution in [0.1, 0.15) is 41.3 Å². The Balaban J connectivity index is 1.35. The molecule has 0 aliphatic carbocycles.